The number of carbonyl (C=O) groups is 3. The molecule has 8 heteroatoms. The molecule has 3 amide bonds. The topological polar surface area (TPSA) is 91.4 Å². The fraction of sp³-hybridized carbons (Fsp3) is 0.259. The van der Waals surface area contributed by atoms with Crippen LogP contribution >= 0.6 is 11.6 Å². The van der Waals surface area contributed by atoms with Gasteiger partial charge in [0, 0.05) is 42.9 Å². The molecule has 1 aliphatic heterocycles. The van der Waals surface area contributed by atoms with Gasteiger partial charge in [-0.2, -0.15) is 0 Å². The summed E-state index contributed by atoms with van der Waals surface area (Å²) in [5.41, 5.74) is 2.27. The van der Waals surface area contributed by atoms with E-state index in [-0.39, 0.29) is 24.1 Å². The maximum absolute atomic E-state index is 13.0. The predicted octanol–water partition coefficient (Wildman–Crippen LogP) is 4.62. The number of hydrogen-bond donors (Lipinski definition) is 2. The van der Waals surface area contributed by atoms with Gasteiger partial charge in [0.05, 0.1) is 5.02 Å². The van der Waals surface area contributed by atoms with Crippen molar-refractivity contribution in [1.29, 1.82) is 0 Å². The van der Waals surface area contributed by atoms with Crippen LogP contribution in [0.15, 0.2) is 72.9 Å². The molecule has 1 saturated heterocycles. The summed E-state index contributed by atoms with van der Waals surface area (Å²) in [4.78, 5) is 43.8. The molecule has 1 atom stereocenters. The van der Waals surface area contributed by atoms with Crippen LogP contribution < -0.4 is 15.5 Å². The third kappa shape index (κ3) is 6.90. The van der Waals surface area contributed by atoms with Crippen LogP contribution in [0.1, 0.15) is 41.6 Å². The van der Waals surface area contributed by atoms with Crippen molar-refractivity contribution in [1.82, 2.24) is 10.3 Å². The number of anilines is 2. The SMILES string of the molecule is O=C(CC(Cc1ccccc1)NC(=O)c1ccc(N2CCCCC2=O)cc1)Nc1ccc(Cl)cn1. The van der Waals surface area contributed by atoms with E-state index in [1.54, 1.807) is 41.3 Å². The molecule has 0 bridgehead atoms. The molecule has 1 aromatic heterocycles. The van der Waals surface area contributed by atoms with Crippen LogP contribution in [0.25, 0.3) is 0 Å². The van der Waals surface area contributed by atoms with Crippen molar-refractivity contribution in [3.8, 4) is 0 Å². The van der Waals surface area contributed by atoms with Crippen LogP contribution in [0.3, 0.4) is 0 Å². The molecule has 4 rings (SSSR count). The highest BCUT2D eigenvalue weighted by molar-refractivity contribution is 6.30. The highest BCUT2D eigenvalue weighted by Gasteiger charge is 2.21. The summed E-state index contributed by atoms with van der Waals surface area (Å²) in [6.07, 6.45) is 4.47. The first-order valence-electron chi connectivity index (χ1n) is 11.6. The number of aromatic nitrogens is 1. The fourth-order valence-corrected chi connectivity index (χ4v) is 4.19. The van der Waals surface area contributed by atoms with Crippen LogP contribution in [-0.2, 0) is 16.0 Å². The molecule has 2 aromatic carbocycles. The average molecular weight is 491 g/mol. The highest BCUT2D eigenvalue weighted by atomic mass is 35.5. The van der Waals surface area contributed by atoms with Gasteiger partial charge >= 0.3 is 0 Å². The lowest BCUT2D eigenvalue weighted by molar-refractivity contribution is -0.119. The van der Waals surface area contributed by atoms with Crippen molar-refractivity contribution in [2.45, 2.75) is 38.1 Å². The third-order valence-electron chi connectivity index (χ3n) is 5.85. The van der Waals surface area contributed by atoms with Crippen LogP contribution in [0, 0.1) is 0 Å². The number of rotatable bonds is 8. The maximum atomic E-state index is 13.0. The van der Waals surface area contributed by atoms with Gasteiger partial charge in [-0.05, 0) is 61.2 Å². The van der Waals surface area contributed by atoms with E-state index in [2.05, 4.69) is 15.6 Å². The van der Waals surface area contributed by atoms with E-state index in [9.17, 15) is 14.4 Å². The van der Waals surface area contributed by atoms with Crippen LogP contribution in [0.4, 0.5) is 11.5 Å². The van der Waals surface area contributed by atoms with Crippen molar-refractivity contribution in [3.05, 3.63) is 89.1 Å². The van der Waals surface area contributed by atoms with Crippen molar-refractivity contribution in [2.24, 2.45) is 0 Å². The molecule has 35 heavy (non-hydrogen) atoms. The van der Waals surface area contributed by atoms with E-state index >= 15 is 0 Å². The zero-order valence-corrected chi connectivity index (χ0v) is 20.0. The normalized spacial score (nSPS) is 14.3. The molecule has 0 radical (unpaired) electrons. The Balaban J connectivity index is 1.43. The summed E-state index contributed by atoms with van der Waals surface area (Å²) in [6.45, 7) is 0.696. The first-order valence-corrected chi connectivity index (χ1v) is 12.0. The Labute approximate surface area is 209 Å². The molecule has 1 fully saturated rings. The quantitative estimate of drug-likeness (QED) is 0.482. The van der Waals surface area contributed by atoms with Gasteiger partial charge in [-0.1, -0.05) is 41.9 Å². The fourth-order valence-electron chi connectivity index (χ4n) is 4.08. The summed E-state index contributed by atoms with van der Waals surface area (Å²) >= 11 is 5.86. The summed E-state index contributed by atoms with van der Waals surface area (Å²) in [5.74, 6) is -0.0375. The van der Waals surface area contributed by atoms with Gasteiger partial charge in [-0.15, -0.1) is 0 Å². The molecule has 7 nitrogen and oxygen atoms in total. The van der Waals surface area contributed by atoms with Gasteiger partial charge in [0.25, 0.3) is 5.91 Å². The summed E-state index contributed by atoms with van der Waals surface area (Å²) < 4.78 is 0. The summed E-state index contributed by atoms with van der Waals surface area (Å²) in [5, 5.41) is 6.22. The number of halogens is 1. The molecule has 0 spiro atoms. The van der Waals surface area contributed by atoms with E-state index in [0.717, 1.165) is 24.1 Å². The molecule has 1 aliphatic rings. The third-order valence-corrected chi connectivity index (χ3v) is 6.07. The number of carbonyl (C=O) groups excluding carboxylic acids is 3. The van der Waals surface area contributed by atoms with E-state index < -0.39 is 6.04 Å². The second kappa shape index (κ2) is 11.6. The van der Waals surface area contributed by atoms with Gasteiger partial charge in [0.15, 0.2) is 0 Å². The van der Waals surface area contributed by atoms with Crippen LogP contribution in [0.5, 0.6) is 0 Å². The highest BCUT2D eigenvalue weighted by Crippen LogP contribution is 2.21. The summed E-state index contributed by atoms with van der Waals surface area (Å²) in [7, 11) is 0. The van der Waals surface area contributed by atoms with Crippen molar-refractivity contribution >= 4 is 40.8 Å². The van der Waals surface area contributed by atoms with E-state index in [4.69, 9.17) is 11.6 Å². The molecule has 180 valence electrons. The smallest absolute Gasteiger partial charge is 0.251 e. The number of hydrogen-bond acceptors (Lipinski definition) is 4. The minimum absolute atomic E-state index is 0.0747. The average Bonchev–Trinajstić information content (AvgIpc) is 2.86. The molecule has 0 aliphatic carbocycles. The van der Waals surface area contributed by atoms with Crippen molar-refractivity contribution in [3.63, 3.8) is 0 Å². The van der Waals surface area contributed by atoms with E-state index in [1.807, 2.05) is 30.3 Å². The Bertz CT molecular complexity index is 1170. The van der Waals surface area contributed by atoms with Crippen molar-refractivity contribution in [2.75, 3.05) is 16.8 Å². The number of nitrogens with one attached hydrogen (secondary N) is 2. The Kier molecular flexibility index (Phi) is 8.11. The molecule has 3 aromatic rings. The zero-order chi connectivity index (χ0) is 24.6. The van der Waals surface area contributed by atoms with Gasteiger partial charge in [-0.25, -0.2) is 4.98 Å². The van der Waals surface area contributed by atoms with Gasteiger partial charge in [0.1, 0.15) is 5.82 Å². The monoisotopic (exact) mass is 490 g/mol. The van der Waals surface area contributed by atoms with Gasteiger partial charge < -0.3 is 15.5 Å². The number of pyridine rings is 1. The van der Waals surface area contributed by atoms with E-state index in [1.165, 1.54) is 6.20 Å². The molecule has 2 N–H and O–H groups in total. The second-order valence-electron chi connectivity index (χ2n) is 8.52. The number of nitrogens with zero attached hydrogens (tertiary/aromatic N) is 2. The minimum atomic E-state index is -0.430. The number of amides is 3. The maximum Gasteiger partial charge on any atom is 0.251 e. The van der Waals surface area contributed by atoms with E-state index in [0.29, 0.717) is 35.8 Å². The lowest BCUT2D eigenvalue weighted by atomic mass is 10.0. The van der Waals surface area contributed by atoms with Crippen molar-refractivity contribution < 1.29 is 14.4 Å². The van der Waals surface area contributed by atoms with Gasteiger partial charge in [0.2, 0.25) is 11.8 Å². The Morgan fingerprint density at radius 3 is 2.46 bits per heavy atom. The predicted molar refractivity (Wildman–Crippen MR) is 137 cm³/mol. The molecular formula is C27H27ClN4O3. The molecule has 0 saturated carbocycles. The lowest BCUT2D eigenvalue weighted by Crippen LogP contribution is -2.39. The Morgan fingerprint density at radius 1 is 1.00 bits per heavy atom. The molecule has 2 heterocycles. The van der Waals surface area contributed by atoms with Crippen LogP contribution in [0.2, 0.25) is 5.02 Å². The lowest BCUT2D eigenvalue weighted by Gasteiger charge is -2.27. The summed E-state index contributed by atoms with van der Waals surface area (Å²) in [6, 6.07) is 19.5. The largest absolute Gasteiger partial charge is 0.348 e. The Morgan fingerprint density at radius 2 is 1.77 bits per heavy atom. The zero-order valence-electron chi connectivity index (χ0n) is 19.2. The van der Waals surface area contributed by atoms with Gasteiger partial charge in [-0.3, -0.25) is 14.4 Å². The Hall–Kier alpha value is -3.71. The first kappa shape index (κ1) is 24.4. The second-order valence-corrected chi connectivity index (χ2v) is 8.96. The minimum Gasteiger partial charge on any atom is -0.348 e. The van der Waals surface area contributed by atoms with Crippen LogP contribution in [-0.4, -0.2) is 35.3 Å². The first-order chi connectivity index (χ1) is 17.0. The standard InChI is InChI=1S/C27H27ClN4O3/c28-21-11-14-24(29-18-21)31-25(33)17-22(16-19-6-2-1-3-7-19)30-27(35)20-9-12-23(13-10-20)32-15-5-4-8-26(32)34/h1-3,6-7,9-14,18,22H,4-5,8,15-17H2,(H,30,35)(H,29,31,33). The number of piperidine rings is 1. The number of benzene rings is 2. The molecular weight excluding hydrogens is 464 g/mol. The molecule has 1 unspecified atom stereocenters.